The molecule has 0 bridgehead atoms. The van der Waals surface area contributed by atoms with E-state index >= 15 is 0 Å². The molecule has 1 heterocycles. The molecule has 0 spiro atoms. The van der Waals surface area contributed by atoms with Crippen molar-refractivity contribution < 1.29 is 0 Å². The molecule has 0 aliphatic carbocycles. The fraction of sp³-hybridized carbons (Fsp3) is 0. The SMILES string of the molecule is N#Cc1ccc(-n2c(=S)[nH]c3cccc(Cl)c32)c(Cl)c1. The highest BCUT2D eigenvalue weighted by molar-refractivity contribution is 7.71. The largest absolute Gasteiger partial charge is 0.330 e. The van der Waals surface area contributed by atoms with Gasteiger partial charge in [0.15, 0.2) is 4.77 Å². The van der Waals surface area contributed by atoms with Crippen LogP contribution in [-0.4, -0.2) is 9.55 Å². The predicted octanol–water partition coefficient (Wildman–Crippen LogP) is 4.87. The highest BCUT2D eigenvalue weighted by atomic mass is 35.5. The summed E-state index contributed by atoms with van der Waals surface area (Å²) >= 11 is 17.8. The van der Waals surface area contributed by atoms with Gasteiger partial charge in [-0.2, -0.15) is 5.26 Å². The second-order valence-corrected chi connectivity index (χ2v) is 5.38. The van der Waals surface area contributed by atoms with E-state index in [1.807, 2.05) is 18.2 Å². The van der Waals surface area contributed by atoms with Crippen LogP contribution in [0.3, 0.4) is 0 Å². The van der Waals surface area contributed by atoms with Crippen molar-refractivity contribution in [1.29, 1.82) is 5.26 Å². The summed E-state index contributed by atoms with van der Waals surface area (Å²) in [6.07, 6.45) is 0. The zero-order chi connectivity index (χ0) is 14.3. The summed E-state index contributed by atoms with van der Waals surface area (Å²) in [5.74, 6) is 0. The number of halogens is 2. The second-order valence-electron chi connectivity index (χ2n) is 4.18. The van der Waals surface area contributed by atoms with E-state index in [9.17, 15) is 0 Å². The second kappa shape index (κ2) is 4.95. The topological polar surface area (TPSA) is 44.5 Å². The maximum absolute atomic E-state index is 8.89. The molecule has 0 saturated carbocycles. The van der Waals surface area contributed by atoms with E-state index in [1.54, 1.807) is 28.8 Å². The van der Waals surface area contributed by atoms with Crippen LogP contribution < -0.4 is 0 Å². The van der Waals surface area contributed by atoms with E-state index in [4.69, 9.17) is 40.7 Å². The number of rotatable bonds is 1. The van der Waals surface area contributed by atoms with Crippen molar-refractivity contribution in [2.45, 2.75) is 0 Å². The Hall–Kier alpha value is -1.80. The van der Waals surface area contributed by atoms with E-state index in [1.165, 1.54) is 0 Å². The summed E-state index contributed by atoms with van der Waals surface area (Å²) in [5, 5.41) is 9.91. The van der Waals surface area contributed by atoms with Crippen molar-refractivity contribution in [1.82, 2.24) is 9.55 Å². The number of nitrogens with zero attached hydrogens (tertiary/aromatic N) is 2. The number of H-pyrrole nitrogens is 1. The third kappa shape index (κ3) is 2.01. The number of nitrogens with one attached hydrogen (secondary N) is 1. The molecule has 0 saturated heterocycles. The van der Waals surface area contributed by atoms with Crippen molar-refractivity contribution in [2.75, 3.05) is 0 Å². The number of hydrogen-bond acceptors (Lipinski definition) is 2. The van der Waals surface area contributed by atoms with Gasteiger partial charge in [0, 0.05) is 0 Å². The van der Waals surface area contributed by atoms with Gasteiger partial charge in [0.2, 0.25) is 0 Å². The molecule has 98 valence electrons. The zero-order valence-corrected chi connectivity index (χ0v) is 12.4. The van der Waals surface area contributed by atoms with Gasteiger partial charge in [0.1, 0.15) is 0 Å². The number of benzene rings is 2. The predicted molar refractivity (Wildman–Crippen MR) is 83.2 cm³/mol. The monoisotopic (exact) mass is 319 g/mol. The average molecular weight is 320 g/mol. The quantitative estimate of drug-likeness (QED) is 0.650. The third-order valence-corrected chi connectivity index (χ3v) is 3.87. The molecule has 0 aliphatic rings. The molecule has 20 heavy (non-hydrogen) atoms. The summed E-state index contributed by atoms with van der Waals surface area (Å²) in [6.45, 7) is 0. The fourth-order valence-electron chi connectivity index (χ4n) is 2.10. The Kier molecular flexibility index (Phi) is 3.27. The molecule has 0 unspecified atom stereocenters. The Labute approximate surface area is 130 Å². The van der Waals surface area contributed by atoms with Crippen LogP contribution in [0, 0.1) is 16.1 Å². The molecule has 3 aromatic rings. The van der Waals surface area contributed by atoms with Crippen molar-refractivity contribution in [3.05, 3.63) is 56.8 Å². The summed E-state index contributed by atoms with van der Waals surface area (Å²) in [7, 11) is 0. The van der Waals surface area contributed by atoms with E-state index < -0.39 is 0 Å². The number of para-hydroxylation sites is 1. The van der Waals surface area contributed by atoms with Crippen LogP contribution in [0.15, 0.2) is 36.4 Å². The Bertz CT molecular complexity index is 918. The molecule has 0 fully saturated rings. The minimum atomic E-state index is 0.445. The fourth-order valence-corrected chi connectivity index (χ4v) is 2.93. The third-order valence-electron chi connectivity index (χ3n) is 2.97. The Morgan fingerprint density at radius 1 is 1.15 bits per heavy atom. The average Bonchev–Trinajstić information content (AvgIpc) is 2.76. The van der Waals surface area contributed by atoms with Gasteiger partial charge < -0.3 is 4.98 Å². The van der Waals surface area contributed by atoms with Gasteiger partial charge in [-0.15, -0.1) is 0 Å². The molecule has 6 heteroatoms. The first-order chi connectivity index (χ1) is 9.61. The molecule has 1 aromatic heterocycles. The van der Waals surface area contributed by atoms with E-state index in [-0.39, 0.29) is 0 Å². The number of fused-ring (bicyclic) bond motifs is 1. The van der Waals surface area contributed by atoms with E-state index in [0.717, 1.165) is 11.0 Å². The number of hydrogen-bond donors (Lipinski definition) is 1. The maximum Gasteiger partial charge on any atom is 0.182 e. The number of aromatic nitrogens is 2. The molecule has 3 rings (SSSR count). The smallest absolute Gasteiger partial charge is 0.182 e. The molecule has 0 aliphatic heterocycles. The van der Waals surface area contributed by atoms with Crippen LogP contribution in [0.2, 0.25) is 10.0 Å². The van der Waals surface area contributed by atoms with E-state index in [0.29, 0.717) is 26.1 Å². The maximum atomic E-state index is 8.89. The minimum Gasteiger partial charge on any atom is -0.330 e. The summed E-state index contributed by atoms with van der Waals surface area (Å²) in [6, 6.07) is 12.6. The van der Waals surface area contributed by atoms with Crippen LogP contribution >= 0.6 is 35.4 Å². The lowest BCUT2D eigenvalue weighted by Gasteiger charge is -2.08. The molecule has 2 aromatic carbocycles. The van der Waals surface area contributed by atoms with Gasteiger partial charge in [-0.1, -0.05) is 29.3 Å². The van der Waals surface area contributed by atoms with Crippen molar-refractivity contribution in [2.24, 2.45) is 0 Å². The van der Waals surface area contributed by atoms with Crippen LogP contribution in [0.1, 0.15) is 5.56 Å². The van der Waals surface area contributed by atoms with E-state index in [2.05, 4.69) is 4.98 Å². The van der Waals surface area contributed by atoms with Gasteiger partial charge in [-0.3, -0.25) is 4.57 Å². The van der Waals surface area contributed by atoms with Gasteiger partial charge >= 0.3 is 0 Å². The normalized spacial score (nSPS) is 10.7. The molecule has 0 amide bonds. The Morgan fingerprint density at radius 3 is 2.65 bits per heavy atom. The zero-order valence-electron chi connectivity index (χ0n) is 10.0. The minimum absolute atomic E-state index is 0.445. The Morgan fingerprint density at radius 2 is 1.95 bits per heavy atom. The lowest BCUT2D eigenvalue weighted by molar-refractivity contribution is 1.06. The highest BCUT2D eigenvalue weighted by Gasteiger charge is 2.12. The first-order valence-electron chi connectivity index (χ1n) is 5.71. The van der Waals surface area contributed by atoms with Crippen molar-refractivity contribution >= 4 is 46.5 Å². The molecular formula is C14H7Cl2N3S. The highest BCUT2D eigenvalue weighted by Crippen LogP contribution is 2.30. The standard InChI is InChI=1S/C14H7Cl2N3S/c15-9-2-1-3-11-13(9)19(14(20)18-11)12-5-4-8(7-17)6-10(12)16/h1-6H,(H,18,20). The molecule has 1 N–H and O–H groups in total. The lowest BCUT2D eigenvalue weighted by Crippen LogP contribution is -1.96. The van der Waals surface area contributed by atoms with Gasteiger partial charge in [-0.05, 0) is 42.5 Å². The number of imidazole rings is 1. The Balaban J connectivity index is 2.39. The van der Waals surface area contributed by atoms with Crippen molar-refractivity contribution in [3.63, 3.8) is 0 Å². The van der Waals surface area contributed by atoms with Crippen molar-refractivity contribution in [3.8, 4) is 11.8 Å². The molecule has 0 atom stereocenters. The van der Waals surface area contributed by atoms with Crippen LogP contribution in [0.25, 0.3) is 16.7 Å². The summed E-state index contributed by atoms with van der Waals surface area (Å²) in [4.78, 5) is 3.09. The van der Waals surface area contributed by atoms with Gasteiger partial charge in [0.25, 0.3) is 0 Å². The van der Waals surface area contributed by atoms with Crippen LogP contribution in [-0.2, 0) is 0 Å². The van der Waals surface area contributed by atoms with Gasteiger partial charge in [0.05, 0.1) is 38.4 Å². The van der Waals surface area contributed by atoms with Crippen LogP contribution in [0.5, 0.6) is 0 Å². The first kappa shape index (κ1) is 13.2. The number of nitriles is 1. The summed E-state index contributed by atoms with van der Waals surface area (Å²) in [5.41, 5.74) is 2.79. The summed E-state index contributed by atoms with van der Waals surface area (Å²) < 4.78 is 2.27. The van der Waals surface area contributed by atoms with Gasteiger partial charge in [-0.25, -0.2) is 0 Å². The molecular weight excluding hydrogens is 313 g/mol. The molecule has 3 nitrogen and oxygen atoms in total. The number of aromatic amines is 1. The lowest BCUT2D eigenvalue weighted by atomic mass is 10.2. The first-order valence-corrected chi connectivity index (χ1v) is 6.87. The van der Waals surface area contributed by atoms with Crippen LogP contribution in [0.4, 0.5) is 0 Å². The molecule has 0 radical (unpaired) electrons.